The standard InChI is InChI=1S/C12H15BrF2N2O/c1-3-6(2)11(16)12(18)17-10-5-8(14)7(13)4-9(10)15/h4-6,11H,3,16H2,1-2H3,(H,17,18). The van der Waals surface area contributed by atoms with Crippen LogP contribution < -0.4 is 11.1 Å². The fourth-order valence-electron chi connectivity index (χ4n) is 1.35. The van der Waals surface area contributed by atoms with Crippen molar-refractivity contribution in [2.24, 2.45) is 11.7 Å². The van der Waals surface area contributed by atoms with E-state index in [1.54, 1.807) is 0 Å². The minimum atomic E-state index is -0.749. The highest BCUT2D eigenvalue weighted by Gasteiger charge is 2.21. The topological polar surface area (TPSA) is 55.1 Å². The molecule has 0 spiro atoms. The van der Waals surface area contributed by atoms with E-state index in [-0.39, 0.29) is 16.1 Å². The maximum absolute atomic E-state index is 13.5. The molecule has 1 rings (SSSR count). The van der Waals surface area contributed by atoms with E-state index in [0.717, 1.165) is 18.6 Å². The van der Waals surface area contributed by atoms with E-state index in [9.17, 15) is 13.6 Å². The number of benzene rings is 1. The molecule has 100 valence electrons. The Morgan fingerprint density at radius 1 is 1.44 bits per heavy atom. The predicted molar refractivity (Wildman–Crippen MR) is 70.1 cm³/mol. The average Bonchev–Trinajstić information content (AvgIpc) is 2.33. The summed E-state index contributed by atoms with van der Waals surface area (Å²) in [4.78, 5) is 11.7. The van der Waals surface area contributed by atoms with Gasteiger partial charge in [-0.25, -0.2) is 8.78 Å². The number of halogens is 3. The molecule has 0 aromatic heterocycles. The van der Waals surface area contributed by atoms with Gasteiger partial charge in [-0.3, -0.25) is 4.79 Å². The lowest BCUT2D eigenvalue weighted by molar-refractivity contribution is -0.118. The molecule has 0 heterocycles. The summed E-state index contributed by atoms with van der Waals surface area (Å²) >= 11 is 2.86. The highest BCUT2D eigenvalue weighted by Crippen LogP contribution is 2.23. The summed E-state index contributed by atoms with van der Waals surface area (Å²) in [6.07, 6.45) is 0.728. The lowest BCUT2D eigenvalue weighted by Gasteiger charge is -2.18. The second kappa shape index (κ2) is 6.24. The molecule has 2 atom stereocenters. The van der Waals surface area contributed by atoms with Crippen molar-refractivity contribution >= 4 is 27.5 Å². The molecule has 0 aliphatic carbocycles. The predicted octanol–water partition coefficient (Wildman–Crippen LogP) is 3.04. The van der Waals surface area contributed by atoms with Gasteiger partial charge in [0.25, 0.3) is 0 Å². The Labute approximate surface area is 113 Å². The van der Waals surface area contributed by atoms with Gasteiger partial charge in [-0.05, 0) is 27.9 Å². The molecule has 0 radical (unpaired) electrons. The Kier molecular flexibility index (Phi) is 5.22. The lowest BCUT2D eigenvalue weighted by atomic mass is 9.99. The second-order valence-electron chi connectivity index (χ2n) is 4.15. The van der Waals surface area contributed by atoms with Crippen molar-refractivity contribution in [3.63, 3.8) is 0 Å². The van der Waals surface area contributed by atoms with Crippen molar-refractivity contribution in [1.29, 1.82) is 0 Å². The van der Waals surface area contributed by atoms with E-state index in [1.165, 1.54) is 0 Å². The zero-order valence-corrected chi connectivity index (χ0v) is 11.7. The van der Waals surface area contributed by atoms with E-state index in [2.05, 4.69) is 21.2 Å². The number of rotatable bonds is 4. The third-order valence-electron chi connectivity index (χ3n) is 2.83. The van der Waals surface area contributed by atoms with Crippen LogP contribution in [-0.2, 0) is 4.79 Å². The Hall–Kier alpha value is -1.01. The van der Waals surface area contributed by atoms with E-state index in [4.69, 9.17) is 5.73 Å². The number of nitrogens with two attached hydrogens (primary N) is 1. The van der Waals surface area contributed by atoms with Crippen molar-refractivity contribution in [2.45, 2.75) is 26.3 Å². The molecule has 1 aromatic rings. The van der Waals surface area contributed by atoms with Gasteiger partial charge >= 0.3 is 0 Å². The van der Waals surface area contributed by atoms with Crippen molar-refractivity contribution < 1.29 is 13.6 Å². The Balaban J connectivity index is 2.85. The maximum Gasteiger partial charge on any atom is 0.241 e. The van der Waals surface area contributed by atoms with Crippen molar-refractivity contribution in [3.8, 4) is 0 Å². The molecule has 2 unspecified atom stereocenters. The molecule has 1 aromatic carbocycles. The summed E-state index contributed by atoms with van der Waals surface area (Å²) in [7, 11) is 0. The molecule has 6 heteroatoms. The van der Waals surface area contributed by atoms with Gasteiger partial charge in [-0.15, -0.1) is 0 Å². The van der Waals surface area contributed by atoms with Crippen molar-refractivity contribution in [1.82, 2.24) is 0 Å². The van der Waals surface area contributed by atoms with Gasteiger partial charge in [0.2, 0.25) is 5.91 Å². The molecule has 0 aliphatic heterocycles. The van der Waals surface area contributed by atoms with Crippen LogP contribution in [0, 0.1) is 17.6 Å². The summed E-state index contributed by atoms with van der Waals surface area (Å²) in [5, 5.41) is 2.29. The van der Waals surface area contributed by atoms with Crippen LogP contribution in [-0.4, -0.2) is 11.9 Å². The monoisotopic (exact) mass is 320 g/mol. The molecule has 0 saturated heterocycles. The summed E-state index contributed by atoms with van der Waals surface area (Å²) in [6.45, 7) is 3.72. The first-order valence-electron chi connectivity index (χ1n) is 5.57. The minimum absolute atomic E-state index is 0.00391. The summed E-state index contributed by atoms with van der Waals surface area (Å²) < 4.78 is 26.7. The zero-order chi connectivity index (χ0) is 13.9. The van der Waals surface area contributed by atoms with Gasteiger partial charge in [-0.1, -0.05) is 20.3 Å². The van der Waals surface area contributed by atoms with Gasteiger partial charge in [0.05, 0.1) is 16.2 Å². The quantitative estimate of drug-likeness (QED) is 0.838. The molecule has 1 amide bonds. The molecular weight excluding hydrogens is 306 g/mol. The number of amides is 1. The van der Waals surface area contributed by atoms with Crippen LogP contribution in [0.3, 0.4) is 0 Å². The number of nitrogens with one attached hydrogen (secondary N) is 1. The molecule has 0 aliphatic rings. The molecule has 18 heavy (non-hydrogen) atoms. The average molecular weight is 321 g/mol. The summed E-state index contributed by atoms with van der Waals surface area (Å²) in [6, 6.07) is 1.13. The summed E-state index contributed by atoms with van der Waals surface area (Å²) in [5.41, 5.74) is 5.49. The summed E-state index contributed by atoms with van der Waals surface area (Å²) in [5.74, 6) is -1.92. The smallest absolute Gasteiger partial charge is 0.241 e. The maximum atomic E-state index is 13.5. The van der Waals surface area contributed by atoms with Gasteiger partial charge in [0.15, 0.2) is 0 Å². The molecule has 0 fully saturated rings. The highest BCUT2D eigenvalue weighted by molar-refractivity contribution is 9.10. The van der Waals surface area contributed by atoms with E-state index in [1.807, 2.05) is 13.8 Å². The molecule has 0 bridgehead atoms. The number of anilines is 1. The highest BCUT2D eigenvalue weighted by atomic mass is 79.9. The Bertz CT molecular complexity index is 454. The third kappa shape index (κ3) is 3.49. The van der Waals surface area contributed by atoms with Gasteiger partial charge < -0.3 is 11.1 Å². The Morgan fingerprint density at radius 2 is 2.06 bits per heavy atom. The van der Waals surface area contributed by atoms with E-state index in [0.29, 0.717) is 0 Å². The number of hydrogen-bond acceptors (Lipinski definition) is 2. The first-order chi connectivity index (χ1) is 8.36. The minimum Gasteiger partial charge on any atom is -0.322 e. The number of hydrogen-bond donors (Lipinski definition) is 2. The van der Waals surface area contributed by atoms with Crippen LogP contribution in [0.1, 0.15) is 20.3 Å². The van der Waals surface area contributed by atoms with E-state index < -0.39 is 23.6 Å². The zero-order valence-electron chi connectivity index (χ0n) is 10.1. The van der Waals surface area contributed by atoms with E-state index >= 15 is 0 Å². The lowest BCUT2D eigenvalue weighted by Crippen LogP contribution is -2.40. The molecule has 0 saturated carbocycles. The second-order valence-corrected chi connectivity index (χ2v) is 5.00. The molecule has 3 nitrogen and oxygen atoms in total. The van der Waals surface area contributed by atoms with Crippen molar-refractivity contribution in [2.75, 3.05) is 5.32 Å². The third-order valence-corrected chi connectivity index (χ3v) is 3.44. The van der Waals surface area contributed by atoms with Crippen LogP contribution in [0.2, 0.25) is 0 Å². The van der Waals surface area contributed by atoms with Crippen LogP contribution in [0.4, 0.5) is 14.5 Å². The van der Waals surface area contributed by atoms with Crippen molar-refractivity contribution in [3.05, 3.63) is 28.2 Å². The van der Waals surface area contributed by atoms with Gasteiger partial charge in [-0.2, -0.15) is 0 Å². The van der Waals surface area contributed by atoms with Crippen LogP contribution in [0.25, 0.3) is 0 Å². The number of carbonyl (C=O) groups excluding carboxylic acids is 1. The van der Waals surface area contributed by atoms with Crippen LogP contribution >= 0.6 is 15.9 Å². The molecule has 3 N–H and O–H groups in total. The Morgan fingerprint density at radius 3 is 2.61 bits per heavy atom. The van der Waals surface area contributed by atoms with Gasteiger partial charge in [0.1, 0.15) is 11.6 Å². The SMILES string of the molecule is CCC(C)C(N)C(=O)Nc1cc(F)c(Br)cc1F. The van der Waals surface area contributed by atoms with Crippen LogP contribution in [0.15, 0.2) is 16.6 Å². The number of carbonyl (C=O) groups is 1. The normalized spacial score (nSPS) is 14.1. The molecular formula is C12H15BrF2N2O. The van der Waals surface area contributed by atoms with Gasteiger partial charge in [0, 0.05) is 6.07 Å². The largest absolute Gasteiger partial charge is 0.322 e. The van der Waals surface area contributed by atoms with Crippen LogP contribution in [0.5, 0.6) is 0 Å². The first kappa shape index (κ1) is 15.0. The fourth-order valence-corrected chi connectivity index (χ4v) is 1.66. The first-order valence-corrected chi connectivity index (χ1v) is 6.37. The fraction of sp³-hybridized carbons (Fsp3) is 0.417.